The highest BCUT2D eigenvalue weighted by Crippen LogP contribution is 2.28. The molecule has 0 spiro atoms. The lowest BCUT2D eigenvalue weighted by Gasteiger charge is -2.10. The molecule has 0 aliphatic heterocycles. The van der Waals surface area contributed by atoms with E-state index in [2.05, 4.69) is 97.5 Å². The molecule has 0 aliphatic carbocycles. The Hall–Kier alpha value is -4.89. The van der Waals surface area contributed by atoms with Crippen molar-refractivity contribution >= 4 is 18.4 Å². The maximum Gasteiger partial charge on any atom is 0.161 e. The summed E-state index contributed by atoms with van der Waals surface area (Å²) in [6.45, 7) is 10.4. The molecular formula is C37H35N3. The highest BCUT2D eigenvalue weighted by molar-refractivity contribution is 6.13. The topological polar surface area (TPSA) is 37.1 Å². The summed E-state index contributed by atoms with van der Waals surface area (Å²) in [5.41, 5.74) is 8.84. The Labute approximate surface area is 238 Å². The number of hydrogen-bond donors (Lipinski definition) is 0. The number of nitrogens with zero attached hydrogens (tertiary/aromatic N) is 3. The summed E-state index contributed by atoms with van der Waals surface area (Å²) in [6.07, 6.45) is 0. The molecule has 0 aliphatic rings. The van der Waals surface area contributed by atoms with Crippen LogP contribution in [0.15, 0.2) is 148 Å². The van der Waals surface area contributed by atoms with Gasteiger partial charge < -0.3 is 0 Å². The molecule has 198 valence electrons. The van der Waals surface area contributed by atoms with Gasteiger partial charge in [0.1, 0.15) is 0 Å². The van der Waals surface area contributed by atoms with Gasteiger partial charge in [0.15, 0.2) is 11.7 Å². The fraction of sp³-hybridized carbons (Fsp3) is 0.108. The quantitative estimate of drug-likeness (QED) is 0.158. The first-order chi connectivity index (χ1) is 19.7. The largest absolute Gasteiger partial charge is 0.261 e. The predicted molar refractivity (Wildman–Crippen MR) is 173 cm³/mol. The van der Waals surface area contributed by atoms with E-state index in [1.54, 1.807) is 0 Å². The molecule has 0 amide bonds. The number of aliphatic imine (C=N–C) groups is 3. The maximum atomic E-state index is 4.93. The normalized spacial score (nSPS) is 11.4. The van der Waals surface area contributed by atoms with Crippen LogP contribution in [0, 0.1) is 6.92 Å². The first kappa shape index (κ1) is 28.1. The van der Waals surface area contributed by atoms with Gasteiger partial charge in [-0.1, -0.05) is 141 Å². The molecule has 3 heteroatoms. The fourth-order valence-corrected chi connectivity index (χ4v) is 4.36. The summed E-state index contributed by atoms with van der Waals surface area (Å²) < 4.78 is 0. The van der Waals surface area contributed by atoms with Gasteiger partial charge in [0.2, 0.25) is 0 Å². The van der Waals surface area contributed by atoms with Crippen LogP contribution in [-0.4, -0.2) is 18.4 Å². The van der Waals surface area contributed by atoms with Crippen LogP contribution in [0.25, 0.3) is 22.3 Å². The van der Waals surface area contributed by atoms with Crippen molar-refractivity contribution in [1.29, 1.82) is 0 Å². The molecule has 0 unspecified atom stereocenters. The molecule has 0 aromatic heterocycles. The SMILES string of the molecule is C=NC(=NC(=NCc1ccccc1)c1cccc(-c2cccc(-c3cccc(C)c3)c2)c1)c1ccccc1.CC. The molecule has 0 N–H and O–H groups in total. The van der Waals surface area contributed by atoms with E-state index >= 15 is 0 Å². The van der Waals surface area contributed by atoms with E-state index in [1.165, 1.54) is 16.7 Å². The van der Waals surface area contributed by atoms with Crippen LogP contribution in [0.2, 0.25) is 0 Å². The zero-order valence-corrected chi connectivity index (χ0v) is 23.5. The average molecular weight is 522 g/mol. The molecule has 0 heterocycles. The van der Waals surface area contributed by atoms with Crippen LogP contribution in [0.3, 0.4) is 0 Å². The zero-order valence-electron chi connectivity index (χ0n) is 23.5. The summed E-state index contributed by atoms with van der Waals surface area (Å²) in [7, 11) is 0. The van der Waals surface area contributed by atoms with E-state index in [0.29, 0.717) is 18.2 Å². The Bertz CT molecular complexity index is 1600. The molecular weight excluding hydrogens is 486 g/mol. The fourth-order valence-electron chi connectivity index (χ4n) is 4.36. The van der Waals surface area contributed by atoms with Crippen molar-refractivity contribution in [2.45, 2.75) is 27.3 Å². The Morgan fingerprint density at radius 2 is 1.07 bits per heavy atom. The lowest BCUT2D eigenvalue weighted by atomic mass is 9.97. The maximum absolute atomic E-state index is 4.93. The van der Waals surface area contributed by atoms with Gasteiger partial charge >= 0.3 is 0 Å². The van der Waals surface area contributed by atoms with Gasteiger partial charge in [-0.05, 0) is 53.6 Å². The molecule has 0 radical (unpaired) electrons. The van der Waals surface area contributed by atoms with E-state index in [4.69, 9.17) is 9.98 Å². The van der Waals surface area contributed by atoms with Crippen molar-refractivity contribution < 1.29 is 0 Å². The van der Waals surface area contributed by atoms with Crippen LogP contribution in [0.5, 0.6) is 0 Å². The van der Waals surface area contributed by atoms with E-state index in [1.807, 2.05) is 68.4 Å². The van der Waals surface area contributed by atoms with E-state index in [9.17, 15) is 0 Å². The zero-order chi connectivity index (χ0) is 28.2. The van der Waals surface area contributed by atoms with Gasteiger partial charge in [0.25, 0.3) is 0 Å². The molecule has 0 bridgehead atoms. The van der Waals surface area contributed by atoms with Crippen molar-refractivity contribution in [3.63, 3.8) is 0 Å². The highest BCUT2D eigenvalue weighted by atomic mass is 15.0. The predicted octanol–water partition coefficient (Wildman–Crippen LogP) is 9.45. The Morgan fingerprint density at radius 1 is 0.550 bits per heavy atom. The summed E-state index contributed by atoms with van der Waals surface area (Å²) >= 11 is 0. The third-order valence-electron chi connectivity index (χ3n) is 6.32. The van der Waals surface area contributed by atoms with Gasteiger partial charge in [0, 0.05) is 11.1 Å². The van der Waals surface area contributed by atoms with Gasteiger partial charge in [-0.2, -0.15) is 0 Å². The standard InChI is InChI=1S/C35H29N3.C2H6/c1-26-12-9-17-29(22-26)30-18-10-19-31(23-30)32-20-11-21-33(24-32)35(37-25-27-13-5-3-6-14-27)38-34(36-2)28-15-7-4-8-16-28;1-2/h3-24H,2,25H2,1H3;1-2H3. The lowest BCUT2D eigenvalue weighted by Crippen LogP contribution is -2.05. The molecule has 40 heavy (non-hydrogen) atoms. The highest BCUT2D eigenvalue weighted by Gasteiger charge is 2.09. The minimum atomic E-state index is 0.520. The number of rotatable bonds is 6. The summed E-state index contributed by atoms with van der Waals surface area (Å²) in [6, 6.07) is 45.7. The van der Waals surface area contributed by atoms with Crippen LogP contribution < -0.4 is 0 Å². The van der Waals surface area contributed by atoms with E-state index in [0.717, 1.165) is 27.8 Å². The molecule has 3 nitrogen and oxygen atoms in total. The van der Waals surface area contributed by atoms with Gasteiger partial charge in [-0.3, -0.25) is 4.99 Å². The van der Waals surface area contributed by atoms with Crippen molar-refractivity contribution in [3.8, 4) is 22.3 Å². The molecule has 5 aromatic rings. The van der Waals surface area contributed by atoms with Gasteiger partial charge in [0.05, 0.1) is 6.54 Å². The summed E-state index contributed by atoms with van der Waals surface area (Å²) in [5, 5.41) is 0. The van der Waals surface area contributed by atoms with E-state index in [-0.39, 0.29) is 0 Å². The number of amidine groups is 2. The molecule has 0 fully saturated rings. The molecule has 0 atom stereocenters. The molecule has 5 rings (SSSR count). The van der Waals surface area contributed by atoms with E-state index < -0.39 is 0 Å². The minimum Gasteiger partial charge on any atom is -0.261 e. The van der Waals surface area contributed by atoms with Crippen molar-refractivity contribution in [2.75, 3.05) is 0 Å². The van der Waals surface area contributed by atoms with Gasteiger partial charge in [-0.25, -0.2) is 9.98 Å². The Balaban J connectivity index is 0.00000181. The summed E-state index contributed by atoms with van der Waals surface area (Å²) in [5.74, 6) is 1.17. The third-order valence-corrected chi connectivity index (χ3v) is 6.32. The first-order valence-electron chi connectivity index (χ1n) is 13.7. The monoisotopic (exact) mass is 521 g/mol. The van der Waals surface area contributed by atoms with Crippen molar-refractivity contribution in [3.05, 3.63) is 156 Å². The Morgan fingerprint density at radius 3 is 1.70 bits per heavy atom. The second-order valence-corrected chi connectivity index (χ2v) is 9.12. The number of benzene rings is 5. The smallest absolute Gasteiger partial charge is 0.161 e. The van der Waals surface area contributed by atoms with Crippen LogP contribution in [-0.2, 0) is 6.54 Å². The minimum absolute atomic E-state index is 0.520. The second-order valence-electron chi connectivity index (χ2n) is 9.12. The number of aryl methyl sites for hydroxylation is 1. The molecule has 5 aromatic carbocycles. The third kappa shape index (κ3) is 7.36. The Kier molecular flexibility index (Phi) is 10.1. The average Bonchev–Trinajstić information content (AvgIpc) is 3.03. The van der Waals surface area contributed by atoms with Crippen LogP contribution in [0.1, 0.15) is 36.1 Å². The van der Waals surface area contributed by atoms with Crippen LogP contribution in [0.4, 0.5) is 0 Å². The number of hydrogen-bond acceptors (Lipinski definition) is 1. The van der Waals surface area contributed by atoms with Gasteiger partial charge in [-0.15, -0.1) is 0 Å². The second kappa shape index (κ2) is 14.3. The summed E-state index contributed by atoms with van der Waals surface area (Å²) in [4.78, 5) is 14.1. The first-order valence-corrected chi connectivity index (χ1v) is 13.7. The van der Waals surface area contributed by atoms with Crippen molar-refractivity contribution in [1.82, 2.24) is 0 Å². The van der Waals surface area contributed by atoms with Crippen molar-refractivity contribution in [2.24, 2.45) is 15.0 Å². The lowest BCUT2D eigenvalue weighted by molar-refractivity contribution is 1.06. The molecule has 0 saturated carbocycles. The van der Waals surface area contributed by atoms with Crippen LogP contribution >= 0.6 is 0 Å². The molecule has 0 saturated heterocycles.